The van der Waals surface area contributed by atoms with Crippen LogP contribution < -0.4 is 5.32 Å². The topological polar surface area (TPSA) is 79.4 Å². The number of carbonyl (C=O) groups excluding carboxylic acids is 3. The number of likely N-dealkylation sites (N-methyl/N-ethyl adjacent to an activating group) is 1. The molecule has 2 heterocycles. The molecule has 1 aromatic heterocycles. The van der Waals surface area contributed by atoms with Crippen LogP contribution in [0.3, 0.4) is 0 Å². The Labute approximate surface area is 106 Å². The summed E-state index contributed by atoms with van der Waals surface area (Å²) in [6, 6.07) is -0.0701. The van der Waals surface area contributed by atoms with Crippen molar-refractivity contribution >= 4 is 17.7 Å². The summed E-state index contributed by atoms with van der Waals surface area (Å²) < 4.78 is 26.2. The van der Waals surface area contributed by atoms with Gasteiger partial charge in [-0.1, -0.05) is 0 Å². The number of hydrogen-bond acceptors (Lipinski definition) is 4. The van der Waals surface area contributed by atoms with Gasteiger partial charge in [0.05, 0.1) is 12.0 Å². The average Bonchev–Trinajstić information content (AvgIpc) is 2.60. The molecule has 1 N–H and O–H groups in total. The number of nitrogens with zero attached hydrogens (tertiary/aromatic N) is 2. The smallest absolute Gasteiger partial charge is 0.255 e. The van der Waals surface area contributed by atoms with Crippen LogP contribution in [0.25, 0.3) is 0 Å². The molecule has 1 unspecified atom stereocenters. The molecule has 0 spiro atoms. The van der Waals surface area contributed by atoms with Gasteiger partial charge in [-0.05, 0) is 6.07 Å². The SMILES string of the molecule is CN1C(=O)CC(NC(=O)c2ccnc(F)c2F)C1=O. The van der Waals surface area contributed by atoms with E-state index in [2.05, 4.69) is 10.3 Å². The Kier molecular flexibility index (Phi) is 3.24. The monoisotopic (exact) mass is 269 g/mol. The molecule has 1 aromatic rings. The second kappa shape index (κ2) is 4.71. The summed E-state index contributed by atoms with van der Waals surface area (Å²) in [6.07, 6.45) is 0.733. The number of halogens is 2. The van der Waals surface area contributed by atoms with E-state index in [0.29, 0.717) is 0 Å². The van der Waals surface area contributed by atoms with Crippen molar-refractivity contribution in [2.45, 2.75) is 12.5 Å². The Hall–Kier alpha value is -2.38. The Balaban J connectivity index is 2.16. The lowest BCUT2D eigenvalue weighted by molar-refractivity contribution is -0.137. The van der Waals surface area contributed by atoms with Crippen LogP contribution in [0.1, 0.15) is 16.8 Å². The maximum atomic E-state index is 13.3. The van der Waals surface area contributed by atoms with Gasteiger partial charge in [0.15, 0.2) is 5.82 Å². The van der Waals surface area contributed by atoms with Gasteiger partial charge < -0.3 is 5.32 Å². The molecule has 3 amide bonds. The standard InChI is InChI=1S/C11H9F2N3O3/c1-16-7(17)4-6(11(16)19)15-10(18)5-2-3-14-9(13)8(5)12/h2-3,6H,4H2,1H3,(H,15,18). The van der Waals surface area contributed by atoms with Crippen LogP contribution in [-0.4, -0.2) is 40.7 Å². The van der Waals surface area contributed by atoms with Crippen LogP contribution in [0.5, 0.6) is 0 Å². The third kappa shape index (κ3) is 2.28. The molecule has 0 radical (unpaired) electrons. The Morgan fingerprint density at radius 1 is 1.47 bits per heavy atom. The van der Waals surface area contributed by atoms with Gasteiger partial charge in [0.25, 0.3) is 11.8 Å². The first kappa shape index (κ1) is 13.1. The first-order chi connectivity index (χ1) is 8.91. The van der Waals surface area contributed by atoms with E-state index in [9.17, 15) is 23.2 Å². The predicted molar refractivity (Wildman–Crippen MR) is 57.8 cm³/mol. The zero-order valence-corrected chi connectivity index (χ0v) is 9.81. The highest BCUT2D eigenvalue weighted by Crippen LogP contribution is 2.13. The minimum Gasteiger partial charge on any atom is -0.340 e. The molecule has 19 heavy (non-hydrogen) atoms. The number of likely N-dealkylation sites (tertiary alicyclic amines) is 1. The normalized spacial score (nSPS) is 18.9. The molecule has 0 aromatic carbocycles. The van der Waals surface area contributed by atoms with Crippen molar-refractivity contribution in [2.75, 3.05) is 7.05 Å². The van der Waals surface area contributed by atoms with E-state index in [-0.39, 0.29) is 6.42 Å². The van der Waals surface area contributed by atoms with E-state index in [0.717, 1.165) is 17.2 Å². The number of rotatable bonds is 2. The largest absolute Gasteiger partial charge is 0.340 e. The average molecular weight is 269 g/mol. The minimum atomic E-state index is -1.40. The van der Waals surface area contributed by atoms with Crippen LogP contribution in [0.2, 0.25) is 0 Å². The number of pyridine rings is 1. The number of carbonyl (C=O) groups is 3. The summed E-state index contributed by atoms with van der Waals surface area (Å²) in [5, 5.41) is 2.19. The Bertz CT molecular complexity index is 576. The zero-order valence-electron chi connectivity index (χ0n) is 9.81. The second-order valence-corrected chi connectivity index (χ2v) is 3.98. The van der Waals surface area contributed by atoms with Crippen molar-refractivity contribution in [1.29, 1.82) is 0 Å². The number of imide groups is 1. The van der Waals surface area contributed by atoms with Gasteiger partial charge in [-0.2, -0.15) is 4.39 Å². The molecule has 1 aliphatic heterocycles. The first-order valence-corrected chi connectivity index (χ1v) is 5.33. The van der Waals surface area contributed by atoms with Crippen molar-refractivity contribution in [3.63, 3.8) is 0 Å². The Morgan fingerprint density at radius 3 is 2.74 bits per heavy atom. The van der Waals surface area contributed by atoms with Gasteiger partial charge in [0.2, 0.25) is 11.9 Å². The van der Waals surface area contributed by atoms with Gasteiger partial charge in [-0.25, -0.2) is 9.37 Å². The van der Waals surface area contributed by atoms with E-state index >= 15 is 0 Å². The van der Waals surface area contributed by atoms with Crippen LogP contribution in [0.15, 0.2) is 12.3 Å². The van der Waals surface area contributed by atoms with E-state index in [1.54, 1.807) is 0 Å². The maximum absolute atomic E-state index is 13.3. The summed E-state index contributed by atoms with van der Waals surface area (Å²) in [4.78, 5) is 38.4. The fourth-order valence-corrected chi connectivity index (χ4v) is 1.70. The van der Waals surface area contributed by atoms with Crippen molar-refractivity contribution in [3.8, 4) is 0 Å². The Morgan fingerprint density at radius 2 is 2.16 bits per heavy atom. The lowest BCUT2D eigenvalue weighted by atomic mass is 10.2. The summed E-state index contributed by atoms with van der Waals surface area (Å²) >= 11 is 0. The van der Waals surface area contributed by atoms with Gasteiger partial charge in [0.1, 0.15) is 6.04 Å². The van der Waals surface area contributed by atoms with Crippen molar-refractivity contribution in [1.82, 2.24) is 15.2 Å². The van der Waals surface area contributed by atoms with Gasteiger partial charge in [-0.15, -0.1) is 0 Å². The van der Waals surface area contributed by atoms with Crippen molar-refractivity contribution in [2.24, 2.45) is 0 Å². The zero-order chi connectivity index (χ0) is 14.2. The summed E-state index contributed by atoms with van der Waals surface area (Å²) in [5.41, 5.74) is -0.567. The van der Waals surface area contributed by atoms with E-state index in [1.165, 1.54) is 7.05 Å². The molecule has 0 saturated carbocycles. The second-order valence-electron chi connectivity index (χ2n) is 3.98. The molecular weight excluding hydrogens is 260 g/mol. The fraction of sp³-hybridized carbons (Fsp3) is 0.273. The molecule has 1 atom stereocenters. The highest BCUT2D eigenvalue weighted by atomic mass is 19.2. The van der Waals surface area contributed by atoms with Crippen LogP contribution in [0, 0.1) is 11.8 Å². The van der Waals surface area contributed by atoms with Crippen LogP contribution >= 0.6 is 0 Å². The van der Waals surface area contributed by atoms with Gasteiger partial charge in [0, 0.05) is 13.2 Å². The molecule has 0 bridgehead atoms. The molecule has 100 valence electrons. The van der Waals surface area contributed by atoms with Crippen LogP contribution in [0.4, 0.5) is 8.78 Å². The quantitative estimate of drug-likeness (QED) is 0.598. The van der Waals surface area contributed by atoms with E-state index in [4.69, 9.17) is 0 Å². The first-order valence-electron chi connectivity index (χ1n) is 5.33. The molecule has 1 saturated heterocycles. The minimum absolute atomic E-state index is 0.198. The molecule has 1 aliphatic rings. The maximum Gasteiger partial charge on any atom is 0.255 e. The lowest BCUT2D eigenvalue weighted by Crippen LogP contribution is -2.41. The molecule has 2 rings (SSSR count). The third-order valence-electron chi connectivity index (χ3n) is 2.78. The van der Waals surface area contributed by atoms with Gasteiger partial charge in [-0.3, -0.25) is 19.3 Å². The van der Waals surface area contributed by atoms with Crippen LogP contribution in [-0.2, 0) is 9.59 Å². The molecule has 6 nitrogen and oxygen atoms in total. The van der Waals surface area contributed by atoms with E-state index in [1.807, 2.05) is 0 Å². The molecular formula is C11H9F2N3O3. The summed E-state index contributed by atoms with van der Waals surface area (Å²) in [7, 11) is 1.28. The van der Waals surface area contributed by atoms with E-state index < -0.39 is 41.1 Å². The highest BCUT2D eigenvalue weighted by molar-refractivity contribution is 6.08. The predicted octanol–water partition coefficient (Wildman–Crippen LogP) is -0.153. The van der Waals surface area contributed by atoms with Crippen molar-refractivity contribution < 1.29 is 23.2 Å². The van der Waals surface area contributed by atoms with Crippen molar-refractivity contribution in [3.05, 3.63) is 29.6 Å². The highest BCUT2D eigenvalue weighted by Gasteiger charge is 2.37. The number of nitrogens with one attached hydrogen (secondary N) is 1. The molecule has 1 fully saturated rings. The van der Waals surface area contributed by atoms with Gasteiger partial charge >= 0.3 is 0 Å². The third-order valence-corrected chi connectivity index (χ3v) is 2.78. The number of aromatic nitrogens is 1. The summed E-state index contributed by atoms with van der Waals surface area (Å²) in [5.74, 6) is -4.81. The number of hydrogen-bond donors (Lipinski definition) is 1. The lowest BCUT2D eigenvalue weighted by Gasteiger charge is -2.11. The number of amides is 3. The molecule has 8 heteroatoms. The summed E-state index contributed by atoms with van der Waals surface area (Å²) in [6.45, 7) is 0. The fourth-order valence-electron chi connectivity index (χ4n) is 1.70. The molecule has 0 aliphatic carbocycles.